The molecule has 1 aliphatic rings. The first-order valence-electron chi connectivity index (χ1n) is 8.33. The first-order valence-corrected chi connectivity index (χ1v) is 9.59. The van der Waals surface area contributed by atoms with E-state index in [-0.39, 0.29) is 18.2 Å². The molecule has 1 aromatic carbocycles. The molecule has 2 heterocycles. The van der Waals surface area contributed by atoms with Crippen molar-refractivity contribution in [2.75, 3.05) is 25.1 Å². The Kier molecular flexibility index (Phi) is 5.90. The van der Waals surface area contributed by atoms with E-state index in [9.17, 15) is 9.59 Å². The van der Waals surface area contributed by atoms with Gasteiger partial charge in [0.2, 0.25) is 5.91 Å². The van der Waals surface area contributed by atoms with Gasteiger partial charge in [-0.25, -0.2) is 9.78 Å². The number of carbonyl (C=O) groups excluding carboxylic acids is 2. The van der Waals surface area contributed by atoms with Gasteiger partial charge in [0.25, 0.3) is 0 Å². The largest absolute Gasteiger partial charge is 0.461 e. The summed E-state index contributed by atoms with van der Waals surface area (Å²) in [6, 6.07) is 7.31. The quantitative estimate of drug-likeness (QED) is 0.783. The third-order valence-electron chi connectivity index (χ3n) is 4.39. The summed E-state index contributed by atoms with van der Waals surface area (Å²) in [4.78, 5) is 29.0. The first kappa shape index (κ1) is 18.8. The lowest BCUT2D eigenvalue weighted by Crippen LogP contribution is -2.44. The fraction of sp³-hybridized carbons (Fsp3) is 0.389. The summed E-state index contributed by atoms with van der Waals surface area (Å²) >= 11 is 7.18. The highest BCUT2D eigenvalue weighted by Crippen LogP contribution is 2.37. The van der Waals surface area contributed by atoms with Crippen LogP contribution in [-0.4, -0.2) is 36.7 Å². The van der Waals surface area contributed by atoms with Gasteiger partial charge in [-0.1, -0.05) is 23.7 Å². The topological polar surface area (TPSA) is 77.5 Å². The number of amides is 1. The van der Waals surface area contributed by atoms with Gasteiger partial charge in [0.15, 0.2) is 10.8 Å². The third-order valence-corrected chi connectivity index (χ3v) is 5.40. The second-order valence-corrected chi connectivity index (χ2v) is 7.21. The van der Waals surface area contributed by atoms with Gasteiger partial charge in [-0.15, -0.1) is 11.3 Å². The SMILES string of the molecule is CCOC(=O)c1csc(NC(=O)C2(c3ccc(Cl)cc3)CCOCC2)n1. The van der Waals surface area contributed by atoms with Crippen molar-refractivity contribution in [1.82, 2.24) is 4.98 Å². The zero-order valence-electron chi connectivity index (χ0n) is 14.3. The number of ether oxygens (including phenoxy) is 2. The summed E-state index contributed by atoms with van der Waals surface area (Å²) in [5.74, 6) is -0.657. The Morgan fingerprint density at radius 1 is 1.31 bits per heavy atom. The van der Waals surface area contributed by atoms with E-state index >= 15 is 0 Å². The van der Waals surface area contributed by atoms with Gasteiger partial charge in [-0.05, 0) is 37.5 Å². The molecule has 1 aromatic heterocycles. The van der Waals surface area contributed by atoms with Crippen molar-refractivity contribution in [2.45, 2.75) is 25.2 Å². The van der Waals surface area contributed by atoms with Gasteiger partial charge < -0.3 is 14.8 Å². The van der Waals surface area contributed by atoms with Crippen molar-refractivity contribution in [3.05, 3.63) is 45.9 Å². The van der Waals surface area contributed by atoms with Crippen LogP contribution in [0.25, 0.3) is 0 Å². The molecule has 0 bridgehead atoms. The van der Waals surface area contributed by atoms with Gasteiger partial charge in [0.05, 0.1) is 12.0 Å². The smallest absolute Gasteiger partial charge is 0.357 e. The molecule has 26 heavy (non-hydrogen) atoms. The molecular weight excluding hydrogens is 376 g/mol. The van der Waals surface area contributed by atoms with Crippen molar-refractivity contribution >= 4 is 39.9 Å². The maximum atomic E-state index is 13.1. The average Bonchev–Trinajstić information content (AvgIpc) is 3.11. The molecule has 2 aromatic rings. The van der Waals surface area contributed by atoms with E-state index in [2.05, 4.69) is 10.3 Å². The highest BCUT2D eigenvalue weighted by atomic mass is 35.5. The van der Waals surface area contributed by atoms with Crippen LogP contribution in [0.15, 0.2) is 29.6 Å². The fourth-order valence-corrected chi connectivity index (χ4v) is 3.78. The number of benzene rings is 1. The molecule has 1 amide bonds. The fourth-order valence-electron chi connectivity index (χ4n) is 2.98. The summed E-state index contributed by atoms with van der Waals surface area (Å²) in [5, 5.41) is 5.42. The minimum atomic E-state index is -0.710. The van der Waals surface area contributed by atoms with E-state index in [1.165, 1.54) is 11.3 Å². The van der Waals surface area contributed by atoms with Crippen LogP contribution in [-0.2, 0) is 19.7 Å². The molecule has 8 heteroatoms. The monoisotopic (exact) mass is 394 g/mol. The summed E-state index contributed by atoms with van der Waals surface area (Å²) in [7, 11) is 0. The maximum absolute atomic E-state index is 13.1. The molecule has 0 radical (unpaired) electrons. The van der Waals surface area contributed by atoms with Crippen LogP contribution in [0.2, 0.25) is 5.02 Å². The van der Waals surface area contributed by atoms with E-state index in [4.69, 9.17) is 21.1 Å². The van der Waals surface area contributed by atoms with E-state index in [0.717, 1.165) is 5.56 Å². The summed E-state index contributed by atoms with van der Waals surface area (Å²) < 4.78 is 10.4. The van der Waals surface area contributed by atoms with Crippen LogP contribution >= 0.6 is 22.9 Å². The van der Waals surface area contributed by atoms with Crippen molar-refractivity contribution in [1.29, 1.82) is 0 Å². The summed E-state index contributed by atoms with van der Waals surface area (Å²) in [6.45, 7) is 3.01. The van der Waals surface area contributed by atoms with Crippen molar-refractivity contribution in [3.63, 3.8) is 0 Å². The molecule has 1 N–H and O–H groups in total. The van der Waals surface area contributed by atoms with Gasteiger partial charge >= 0.3 is 5.97 Å². The van der Waals surface area contributed by atoms with Gasteiger partial charge in [-0.2, -0.15) is 0 Å². The maximum Gasteiger partial charge on any atom is 0.357 e. The zero-order valence-corrected chi connectivity index (χ0v) is 15.9. The third kappa shape index (κ3) is 3.90. The Bertz CT molecular complexity index is 785. The number of esters is 1. The lowest BCUT2D eigenvalue weighted by molar-refractivity contribution is -0.125. The molecule has 0 aliphatic carbocycles. The number of carbonyl (C=O) groups is 2. The molecule has 0 unspecified atom stereocenters. The van der Waals surface area contributed by atoms with E-state index < -0.39 is 11.4 Å². The number of nitrogens with one attached hydrogen (secondary N) is 1. The molecule has 0 atom stereocenters. The summed E-state index contributed by atoms with van der Waals surface area (Å²) in [6.07, 6.45) is 1.13. The number of aromatic nitrogens is 1. The lowest BCUT2D eigenvalue weighted by Gasteiger charge is -2.36. The van der Waals surface area contributed by atoms with Gasteiger partial charge in [0, 0.05) is 23.6 Å². The number of hydrogen-bond donors (Lipinski definition) is 1. The number of halogens is 1. The molecule has 138 valence electrons. The van der Waals surface area contributed by atoms with Crippen LogP contribution in [0.3, 0.4) is 0 Å². The molecule has 1 aliphatic heterocycles. The number of hydrogen-bond acceptors (Lipinski definition) is 6. The summed E-state index contributed by atoms with van der Waals surface area (Å²) in [5.41, 5.74) is 0.378. The minimum absolute atomic E-state index is 0.159. The molecule has 3 rings (SSSR count). The second kappa shape index (κ2) is 8.16. The van der Waals surface area contributed by atoms with Crippen molar-refractivity contribution < 1.29 is 19.1 Å². The number of thiazole rings is 1. The minimum Gasteiger partial charge on any atom is -0.461 e. The van der Waals surface area contributed by atoms with Crippen molar-refractivity contribution in [2.24, 2.45) is 0 Å². The van der Waals surface area contributed by atoms with Crippen LogP contribution < -0.4 is 5.32 Å². The zero-order chi connectivity index (χ0) is 18.6. The van der Waals surface area contributed by atoms with Crippen LogP contribution in [0, 0.1) is 0 Å². The van der Waals surface area contributed by atoms with Gasteiger partial charge in [0.1, 0.15) is 0 Å². The molecule has 1 fully saturated rings. The normalized spacial score (nSPS) is 16.1. The lowest BCUT2D eigenvalue weighted by atomic mass is 9.73. The van der Waals surface area contributed by atoms with Gasteiger partial charge in [-0.3, -0.25) is 4.79 Å². The predicted molar refractivity (Wildman–Crippen MR) is 99.9 cm³/mol. The van der Waals surface area contributed by atoms with Crippen LogP contribution in [0.1, 0.15) is 35.8 Å². The molecule has 0 saturated carbocycles. The Balaban J connectivity index is 1.82. The highest BCUT2D eigenvalue weighted by molar-refractivity contribution is 7.14. The molecule has 0 spiro atoms. The highest BCUT2D eigenvalue weighted by Gasteiger charge is 2.42. The first-order chi connectivity index (χ1) is 12.5. The Labute approximate surface area is 160 Å². The van der Waals surface area contributed by atoms with Crippen LogP contribution in [0.5, 0.6) is 0 Å². The second-order valence-electron chi connectivity index (χ2n) is 5.91. The molecule has 6 nitrogen and oxygen atoms in total. The molecule has 1 saturated heterocycles. The molecular formula is C18H19ClN2O4S. The predicted octanol–water partition coefficient (Wildman–Crippen LogP) is 3.66. The standard InChI is InChI=1S/C18H19ClN2O4S/c1-2-25-15(22)14-11-26-17(20-14)21-16(23)18(7-9-24-10-8-18)12-3-5-13(19)6-4-12/h3-6,11H,2,7-10H2,1H3,(H,20,21,23). The number of nitrogens with zero attached hydrogens (tertiary/aromatic N) is 1. The van der Waals surface area contributed by atoms with E-state index in [1.54, 1.807) is 24.4 Å². The van der Waals surface area contributed by atoms with Crippen molar-refractivity contribution in [3.8, 4) is 0 Å². The van der Waals surface area contributed by atoms with E-state index in [0.29, 0.717) is 36.2 Å². The number of anilines is 1. The Morgan fingerprint density at radius 3 is 2.65 bits per heavy atom. The van der Waals surface area contributed by atoms with Crippen LogP contribution in [0.4, 0.5) is 5.13 Å². The number of rotatable bonds is 5. The van der Waals surface area contributed by atoms with E-state index in [1.807, 2.05) is 12.1 Å². The average molecular weight is 395 g/mol. The Hall–Kier alpha value is -1.96. The Morgan fingerprint density at radius 2 is 2.00 bits per heavy atom.